The van der Waals surface area contributed by atoms with E-state index in [0.717, 1.165) is 55.3 Å². The Hall–Kier alpha value is -2.18. The number of hydrogen-bond acceptors (Lipinski definition) is 4. The minimum Gasteiger partial charge on any atom is -0.393 e. The second-order valence-corrected chi connectivity index (χ2v) is 15.7. The molecule has 2 heterocycles. The number of likely N-dealkylation sites (N-methyl/N-ethyl adjacent to an activating group) is 1. The number of benzene rings is 2. The number of Topliss-reactive ketones (excluding diaryl/α,β-unsaturated/α-hetero) is 1. The van der Waals surface area contributed by atoms with Crippen LogP contribution >= 0.6 is 23.2 Å². The number of nitrogens with zero attached hydrogens (tertiary/aromatic N) is 1. The van der Waals surface area contributed by atoms with Gasteiger partial charge in [0.25, 0.3) is 5.91 Å². The van der Waals surface area contributed by atoms with Crippen LogP contribution in [0.3, 0.4) is 0 Å². The van der Waals surface area contributed by atoms with Crippen LogP contribution in [0.4, 0.5) is 5.69 Å². The molecule has 3 saturated carbocycles. The number of carbonyl (C=O) groups excluding carboxylic acids is 2. The first-order chi connectivity index (χ1) is 20.5. The fourth-order valence-electron chi connectivity index (χ4n) is 11.5. The molecule has 8 rings (SSSR count). The van der Waals surface area contributed by atoms with Crippen molar-refractivity contribution >= 4 is 40.6 Å². The molecular weight excluding hydrogens is 579 g/mol. The highest BCUT2D eigenvalue weighted by atomic mass is 35.5. The maximum Gasteiger partial charge on any atom is 0.250 e. The van der Waals surface area contributed by atoms with Gasteiger partial charge in [-0.25, -0.2) is 0 Å². The van der Waals surface area contributed by atoms with Gasteiger partial charge in [-0.1, -0.05) is 73.0 Å². The summed E-state index contributed by atoms with van der Waals surface area (Å²) in [5, 5.41) is 14.7. The first-order valence-corrected chi connectivity index (χ1v) is 16.7. The van der Waals surface area contributed by atoms with Gasteiger partial charge in [0.05, 0.1) is 21.6 Å². The Morgan fingerprint density at radius 2 is 1.74 bits per heavy atom. The van der Waals surface area contributed by atoms with Crippen molar-refractivity contribution in [3.05, 3.63) is 75.3 Å². The Morgan fingerprint density at radius 1 is 0.977 bits per heavy atom. The molecular formula is C36H40Cl2N2O3. The van der Waals surface area contributed by atoms with Crippen molar-refractivity contribution in [2.75, 3.05) is 18.9 Å². The van der Waals surface area contributed by atoms with Crippen LogP contribution in [0.25, 0.3) is 0 Å². The van der Waals surface area contributed by atoms with Gasteiger partial charge in [-0.05, 0) is 98.9 Å². The van der Waals surface area contributed by atoms with E-state index in [1.807, 2.05) is 49.5 Å². The zero-order valence-electron chi connectivity index (χ0n) is 25.1. The molecule has 2 spiro atoms. The third-order valence-corrected chi connectivity index (χ3v) is 14.2. The normalized spacial score (nSPS) is 43.3. The van der Waals surface area contributed by atoms with Crippen molar-refractivity contribution in [2.45, 2.75) is 76.4 Å². The fraction of sp³-hybridized carbons (Fsp3) is 0.556. The molecule has 226 valence electrons. The van der Waals surface area contributed by atoms with Gasteiger partial charge in [-0.2, -0.15) is 0 Å². The first-order valence-electron chi connectivity index (χ1n) is 16.0. The van der Waals surface area contributed by atoms with Crippen LogP contribution in [0, 0.1) is 34.0 Å². The van der Waals surface area contributed by atoms with E-state index in [4.69, 9.17) is 23.2 Å². The predicted octanol–water partition coefficient (Wildman–Crippen LogP) is 7.36. The number of para-hydroxylation sites is 1. The van der Waals surface area contributed by atoms with Gasteiger partial charge in [0.1, 0.15) is 11.3 Å². The smallest absolute Gasteiger partial charge is 0.250 e. The van der Waals surface area contributed by atoms with Crippen molar-refractivity contribution in [1.29, 1.82) is 0 Å². The van der Waals surface area contributed by atoms with Crippen molar-refractivity contribution in [2.24, 2.45) is 34.0 Å². The summed E-state index contributed by atoms with van der Waals surface area (Å²) in [7, 11) is 2.02. The summed E-state index contributed by atoms with van der Waals surface area (Å²) in [5.41, 5.74) is 1.58. The lowest BCUT2D eigenvalue weighted by atomic mass is 9.48. The number of aliphatic hydroxyl groups is 1. The van der Waals surface area contributed by atoms with Gasteiger partial charge < -0.3 is 10.4 Å². The molecule has 43 heavy (non-hydrogen) atoms. The molecule has 2 aromatic rings. The van der Waals surface area contributed by atoms with Crippen molar-refractivity contribution < 1.29 is 14.7 Å². The van der Waals surface area contributed by atoms with Crippen LogP contribution in [0.15, 0.2) is 54.1 Å². The molecule has 0 aromatic heterocycles. The van der Waals surface area contributed by atoms with E-state index in [-0.39, 0.29) is 35.0 Å². The highest BCUT2D eigenvalue weighted by Crippen LogP contribution is 2.75. The second kappa shape index (κ2) is 9.19. The van der Waals surface area contributed by atoms with Crippen LogP contribution < -0.4 is 5.32 Å². The highest BCUT2D eigenvalue weighted by Gasteiger charge is 2.80. The second-order valence-electron chi connectivity index (χ2n) is 14.9. The van der Waals surface area contributed by atoms with Crippen molar-refractivity contribution in [1.82, 2.24) is 4.90 Å². The maximum absolute atomic E-state index is 15.6. The summed E-state index contributed by atoms with van der Waals surface area (Å²) in [6, 6.07) is 13.7. The molecule has 4 fully saturated rings. The third-order valence-electron chi connectivity index (χ3n) is 13.4. The molecule has 0 unspecified atom stereocenters. The number of likely N-dealkylation sites (tertiary alicyclic amines) is 1. The predicted molar refractivity (Wildman–Crippen MR) is 169 cm³/mol. The molecule has 0 bridgehead atoms. The minimum atomic E-state index is -1.11. The number of nitrogens with one attached hydrogen (secondary N) is 1. The number of anilines is 1. The van der Waals surface area contributed by atoms with Crippen LogP contribution in [0.2, 0.25) is 10.0 Å². The monoisotopic (exact) mass is 618 g/mol. The number of ketones is 1. The lowest BCUT2D eigenvalue weighted by Crippen LogP contribution is -2.58. The van der Waals surface area contributed by atoms with E-state index in [2.05, 4.69) is 30.1 Å². The lowest BCUT2D eigenvalue weighted by Gasteiger charge is -2.56. The van der Waals surface area contributed by atoms with Crippen LogP contribution in [0.1, 0.15) is 75.8 Å². The van der Waals surface area contributed by atoms with E-state index in [0.29, 0.717) is 34.8 Å². The number of fused-ring (bicyclic) bond motifs is 8. The molecule has 6 aliphatic rings. The molecule has 9 atom stereocenters. The molecule has 1 amide bonds. The third kappa shape index (κ3) is 3.33. The van der Waals surface area contributed by atoms with Gasteiger partial charge in [-0.15, -0.1) is 0 Å². The quantitative estimate of drug-likeness (QED) is 0.328. The van der Waals surface area contributed by atoms with Crippen molar-refractivity contribution in [3.8, 4) is 0 Å². The molecule has 4 aliphatic carbocycles. The molecule has 2 aliphatic heterocycles. The van der Waals surface area contributed by atoms with Gasteiger partial charge >= 0.3 is 0 Å². The van der Waals surface area contributed by atoms with E-state index in [1.54, 1.807) is 0 Å². The number of rotatable bonds is 1. The van der Waals surface area contributed by atoms with E-state index in [1.165, 1.54) is 5.57 Å². The van der Waals surface area contributed by atoms with Gasteiger partial charge in [0, 0.05) is 29.1 Å². The van der Waals surface area contributed by atoms with Gasteiger partial charge in [0.2, 0.25) is 0 Å². The average Bonchev–Trinajstić information content (AvgIpc) is 3.53. The minimum absolute atomic E-state index is 0.0624. The Morgan fingerprint density at radius 3 is 2.53 bits per heavy atom. The lowest BCUT2D eigenvalue weighted by molar-refractivity contribution is -0.148. The molecule has 2 N–H and O–H groups in total. The Balaban J connectivity index is 1.33. The van der Waals surface area contributed by atoms with Crippen LogP contribution in [0.5, 0.6) is 0 Å². The van der Waals surface area contributed by atoms with Crippen LogP contribution in [-0.2, 0) is 15.1 Å². The summed E-state index contributed by atoms with van der Waals surface area (Å²) < 4.78 is 0. The topological polar surface area (TPSA) is 69.6 Å². The fourth-order valence-corrected chi connectivity index (χ4v) is 11.8. The Bertz CT molecular complexity index is 1610. The zero-order chi connectivity index (χ0) is 30.1. The largest absolute Gasteiger partial charge is 0.393 e. The number of hydrogen-bond donors (Lipinski definition) is 2. The highest BCUT2D eigenvalue weighted by molar-refractivity contribution is 6.42. The van der Waals surface area contributed by atoms with E-state index in [9.17, 15) is 9.90 Å². The zero-order valence-corrected chi connectivity index (χ0v) is 26.6. The Labute approximate surface area is 264 Å². The molecule has 2 aromatic carbocycles. The molecule has 1 saturated heterocycles. The Kier molecular flexibility index (Phi) is 6.05. The summed E-state index contributed by atoms with van der Waals surface area (Å²) in [4.78, 5) is 32.4. The summed E-state index contributed by atoms with van der Waals surface area (Å²) in [5.74, 6) is 0.939. The summed E-state index contributed by atoms with van der Waals surface area (Å²) in [6.07, 6.45) is 8.22. The number of carbonyl (C=O) groups is 2. The van der Waals surface area contributed by atoms with Crippen LogP contribution in [-0.4, -0.2) is 41.4 Å². The van der Waals surface area contributed by atoms with Crippen molar-refractivity contribution in [3.63, 3.8) is 0 Å². The van der Waals surface area contributed by atoms with Gasteiger partial charge in [-0.3, -0.25) is 14.5 Å². The SMILES string of the molecule is CN1C[C@@H](c2ccc(Cl)c(Cl)c2)[C@@]2(C[C@H]3[C@@H]4CC=C5C[C@@H](O)CC[C@]5(C)[C@H]4CC[C@]3(C)C2=O)[C@@]12C(=O)Nc1ccccc12. The maximum atomic E-state index is 15.6. The van der Waals surface area contributed by atoms with E-state index < -0.39 is 16.4 Å². The number of halogens is 2. The molecule has 5 nitrogen and oxygen atoms in total. The number of allylic oxidation sites excluding steroid dienone is 1. The standard InChI is InChI=1S/C36H40Cl2N2O3/c1-33-14-12-22(41)17-21(33)9-10-23-24(33)13-15-34(2)26(23)18-35(31(34)42)27(20-8-11-28(37)29(38)16-20)19-40(3)36(35)25-6-4-5-7-30(25)39-32(36)43/h4-9,11,16,22-24,26-27,41H,10,12-15,17-19H2,1-3H3,(H,39,43)/t22-,23+,24-,26-,27-,33-,34-,35+,36+/m0/s1. The number of amides is 1. The first kappa shape index (κ1) is 28.3. The summed E-state index contributed by atoms with van der Waals surface area (Å²) in [6.45, 7) is 5.20. The summed E-state index contributed by atoms with van der Waals surface area (Å²) >= 11 is 13.0. The average molecular weight is 620 g/mol. The number of aliphatic hydroxyl groups excluding tert-OH is 1. The van der Waals surface area contributed by atoms with Gasteiger partial charge in [0.15, 0.2) is 0 Å². The van der Waals surface area contributed by atoms with E-state index >= 15 is 4.79 Å². The molecule has 0 radical (unpaired) electrons. The molecule has 7 heteroatoms.